The Hall–Kier alpha value is -1.13. The molecule has 4 heteroatoms. The highest BCUT2D eigenvalue weighted by molar-refractivity contribution is 5.31. The van der Waals surface area contributed by atoms with Gasteiger partial charge in [0.15, 0.2) is 11.6 Å². The molecule has 0 heterocycles. The lowest BCUT2D eigenvalue weighted by Crippen LogP contribution is -2.42. The van der Waals surface area contributed by atoms with Crippen LogP contribution in [0.25, 0.3) is 0 Å². The van der Waals surface area contributed by atoms with E-state index in [1.54, 1.807) is 6.07 Å². The van der Waals surface area contributed by atoms with Crippen LogP contribution in [0.4, 0.5) is 4.39 Å². The second kappa shape index (κ2) is 6.16. The van der Waals surface area contributed by atoms with Gasteiger partial charge in [0.1, 0.15) is 0 Å². The van der Waals surface area contributed by atoms with E-state index in [0.717, 1.165) is 6.54 Å². The fourth-order valence-electron chi connectivity index (χ4n) is 2.36. The number of benzene rings is 1. The maximum absolute atomic E-state index is 14.1. The van der Waals surface area contributed by atoms with Gasteiger partial charge in [0.05, 0.1) is 7.11 Å². The summed E-state index contributed by atoms with van der Waals surface area (Å²) in [4.78, 5) is 2.28. The van der Waals surface area contributed by atoms with Crippen molar-refractivity contribution in [1.29, 1.82) is 0 Å². The molecule has 0 amide bonds. The number of ether oxygens (including phenoxy) is 1. The Labute approximate surface area is 108 Å². The molecule has 0 aromatic heterocycles. The summed E-state index contributed by atoms with van der Waals surface area (Å²) < 4.78 is 19.1. The van der Waals surface area contributed by atoms with E-state index >= 15 is 0 Å². The molecule has 0 bridgehead atoms. The average Bonchev–Trinajstić information content (AvgIpc) is 2.30. The molecule has 1 aliphatic carbocycles. The van der Waals surface area contributed by atoms with Gasteiger partial charge in [-0.05, 0) is 18.9 Å². The standard InChI is InChI=1S/C14H21FN2O/c1-18-13-7-2-4-11(14(13)15)10-17(9-8-16)12-5-3-6-12/h2,4,7,12H,3,5-6,8-10,16H2,1H3. The van der Waals surface area contributed by atoms with Crippen molar-refractivity contribution in [2.75, 3.05) is 20.2 Å². The smallest absolute Gasteiger partial charge is 0.169 e. The van der Waals surface area contributed by atoms with Crippen molar-refractivity contribution in [3.63, 3.8) is 0 Å². The molecule has 1 aliphatic rings. The molecule has 0 unspecified atom stereocenters. The molecule has 0 spiro atoms. The maximum Gasteiger partial charge on any atom is 0.169 e. The number of rotatable bonds is 6. The van der Waals surface area contributed by atoms with Gasteiger partial charge >= 0.3 is 0 Å². The van der Waals surface area contributed by atoms with Crippen LogP contribution in [0, 0.1) is 5.82 Å². The van der Waals surface area contributed by atoms with Crippen molar-refractivity contribution >= 4 is 0 Å². The molecule has 1 aromatic rings. The molecule has 1 fully saturated rings. The summed E-state index contributed by atoms with van der Waals surface area (Å²) in [7, 11) is 1.49. The molecule has 1 aromatic carbocycles. The van der Waals surface area contributed by atoms with E-state index in [4.69, 9.17) is 10.5 Å². The van der Waals surface area contributed by atoms with Crippen LogP contribution < -0.4 is 10.5 Å². The summed E-state index contributed by atoms with van der Waals surface area (Å²) in [5.74, 6) is 0.0650. The Morgan fingerprint density at radius 2 is 2.22 bits per heavy atom. The molecule has 2 N–H and O–H groups in total. The second-order valence-corrected chi connectivity index (χ2v) is 4.78. The number of nitrogens with zero attached hydrogens (tertiary/aromatic N) is 1. The Morgan fingerprint density at radius 1 is 1.44 bits per heavy atom. The lowest BCUT2D eigenvalue weighted by molar-refractivity contribution is 0.121. The van der Waals surface area contributed by atoms with Crippen molar-refractivity contribution in [2.45, 2.75) is 31.8 Å². The first-order chi connectivity index (χ1) is 8.76. The Morgan fingerprint density at radius 3 is 2.78 bits per heavy atom. The maximum atomic E-state index is 14.1. The third-order valence-electron chi connectivity index (χ3n) is 3.64. The molecule has 0 atom stereocenters. The molecule has 3 nitrogen and oxygen atoms in total. The van der Waals surface area contributed by atoms with Crippen molar-refractivity contribution in [2.24, 2.45) is 5.73 Å². The van der Waals surface area contributed by atoms with Crippen LogP contribution in [-0.2, 0) is 6.54 Å². The molecule has 1 saturated carbocycles. The highest BCUT2D eigenvalue weighted by Gasteiger charge is 2.25. The summed E-state index contributed by atoms with van der Waals surface area (Å²) >= 11 is 0. The topological polar surface area (TPSA) is 38.5 Å². The lowest BCUT2D eigenvalue weighted by atomic mass is 9.91. The minimum absolute atomic E-state index is 0.249. The van der Waals surface area contributed by atoms with Gasteiger partial charge in [0.25, 0.3) is 0 Å². The van der Waals surface area contributed by atoms with E-state index in [0.29, 0.717) is 30.4 Å². The lowest BCUT2D eigenvalue weighted by Gasteiger charge is -2.37. The van der Waals surface area contributed by atoms with Crippen molar-refractivity contribution < 1.29 is 9.13 Å². The van der Waals surface area contributed by atoms with Crippen LogP contribution in [0.15, 0.2) is 18.2 Å². The third-order valence-corrected chi connectivity index (χ3v) is 3.64. The highest BCUT2D eigenvalue weighted by atomic mass is 19.1. The fraction of sp³-hybridized carbons (Fsp3) is 0.571. The predicted molar refractivity (Wildman–Crippen MR) is 70.1 cm³/mol. The second-order valence-electron chi connectivity index (χ2n) is 4.78. The van der Waals surface area contributed by atoms with E-state index in [9.17, 15) is 4.39 Å². The largest absolute Gasteiger partial charge is 0.494 e. The van der Waals surface area contributed by atoms with Gasteiger partial charge in [-0.2, -0.15) is 0 Å². The van der Waals surface area contributed by atoms with E-state index in [1.165, 1.54) is 26.4 Å². The van der Waals surface area contributed by atoms with Crippen LogP contribution in [0.2, 0.25) is 0 Å². The van der Waals surface area contributed by atoms with E-state index in [2.05, 4.69) is 4.90 Å². The summed E-state index contributed by atoms with van der Waals surface area (Å²) in [6.45, 7) is 2.05. The zero-order chi connectivity index (χ0) is 13.0. The summed E-state index contributed by atoms with van der Waals surface area (Å²) in [5, 5.41) is 0. The molecule has 0 radical (unpaired) electrons. The molecule has 18 heavy (non-hydrogen) atoms. The van der Waals surface area contributed by atoms with Crippen LogP contribution >= 0.6 is 0 Å². The van der Waals surface area contributed by atoms with Gasteiger partial charge in [-0.1, -0.05) is 18.6 Å². The van der Waals surface area contributed by atoms with Crippen molar-refractivity contribution in [1.82, 2.24) is 4.90 Å². The van der Waals surface area contributed by atoms with Gasteiger partial charge in [-0.15, -0.1) is 0 Å². The first kappa shape index (κ1) is 13.3. The zero-order valence-electron chi connectivity index (χ0n) is 10.9. The van der Waals surface area contributed by atoms with E-state index < -0.39 is 0 Å². The molecule has 0 saturated heterocycles. The van der Waals surface area contributed by atoms with Crippen molar-refractivity contribution in [3.8, 4) is 5.75 Å². The highest BCUT2D eigenvalue weighted by Crippen LogP contribution is 2.28. The summed E-state index contributed by atoms with van der Waals surface area (Å²) in [5.41, 5.74) is 6.32. The molecule has 2 rings (SSSR count). The van der Waals surface area contributed by atoms with Gasteiger partial charge in [-0.3, -0.25) is 4.90 Å². The molecular formula is C14H21FN2O. The van der Waals surface area contributed by atoms with Crippen molar-refractivity contribution in [3.05, 3.63) is 29.6 Å². The zero-order valence-corrected chi connectivity index (χ0v) is 10.9. The SMILES string of the molecule is COc1cccc(CN(CCN)C2CCC2)c1F. The van der Waals surface area contributed by atoms with Crippen LogP contribution in [-0.4, -0.2) is 31.1 Å². The summed E-state index contributed by atoms with van der Waals surface area (Å²) in [6.07, 6.45) is 3.67. The Kier molecular flexibility index (Phi) is 4.55. The number of hydrogen-bond acceptors (Lipinski definition) is 3. The van der Waals surface area contributed by atoms with Gasteiger partial charge in [-0.25, -0.2) is 4.39 Å². The van der Waals surface area contributed by atoms with E-state index in [-0.39, 0.29) is 5.82 Å². The van der Waals surface area contributed by atoms with Gasteiger partial charge in [0.2, 0.25) is 0 Å². The van der Waals surface area contributed by atoms with Crippen LogP contribution in [0.1, 0.15) is 24.8 Å². The van der Waals surface area contributed by atoms with Crippen LogP contribution in [0.3, 0.4) is 0 Å². The fourth-order valence-corrected chi connectivity index (χ4v) is 2.36. The van der Waals surface area contributed by atoms with Crippen LogP contribution in [0.5, 0.6) is 5.75 Å². The Balaban J connectivity index is 2.10. The quantitative estimate of drug-likeness (QED) is 0.843. The number of halogens is 1. The average molecular weight is 252 g/mol. The minimum atomic E-state index is -0.249. The first-order valence-corrected chi connectivity index (χ1v) is 6.51. The third kappa shape index (κ3) is 2.82. The predicted octanol–water partition coefficient (Wildman–Crippen LogP) is 2.15. The van der Waals surface area contributed by atoms with Gasteiger partial charge in [0, 0.05) is 31.2 Å². The summed E-state index contributed by atoms with van der Waals surface area (Å²) in [6, 6.07) is 5.87. The molecular weight excluding hydrogens is 231 g/mol. The number of hydrogen-bond donors (Lipinski definition) is 1. The normalized spacial score (nSPS) is 15.8. The Bertz CT molecular complexity index is 393. The molecule has 0 aliphatic heterocycles. The molecule has 100 valence electrons. The first-order valence-electron chi connectivity index (χ1n) is 6.51. The monoisotopic (exact) mass is 252 g/mol. The minimum Gasteiger partial charge on any atom is -0.494 e. The van der Waals surface area contributed by atoms with Gasteiger partial charge < -0.3 is 10.5 Å². The van der Waals surface area contributed by atoms with E-state index in [1.807, 2.05) is 12.1 Å². The number of methoxy groups -OCH3 is 1. The number of nitrogens with two attached hydrogens (primary N) is 1.